The molecule has 1 amide bonds. The maximum atomic E-state index is 12.3. The molecule has 0 radical (unpaired) electrons. The summed E-state index contributed by atoms with van der Waals surface area (Å²) in [6, 6.07) is 13.4. The maximum Gasteiger partial charge on any atom is 0.491 e. The molecule has 0 spiro atoms. The molecule has 0 fully saturated rings. The van der Waals surface area contributed by atoms with E-state index in [9.17, 15) is 9.82 Å². The molecule has 3 aromatic rings. The van der Waals surface area contributed by atoms with Crippen LogP contribution in [0.15, 0.2) is 48.7 Å². The summed E-state index contributed by atoms with van der Waals surface area (Å²) < 4.78 is 5.15. The predicted octanol–water partition coefficient (Wildman–Crippen LogP) is 1.36. The van der Waals surface area contributed by atoms with Crippen LogP contribution < -0.4 is 10.8 Å². The van der Waals surface area contributed by atoms with Crippen LogP contribution in [0.4, 0.5) is 0 Å². The Hall–Kier alpha value is -2.57. The van der Waals surface area contributed by atoms with Gasteiger partial charge < -0.3 is 20.0 Å². The number of nitrogens with one attached hydrogen (secondary N) is 2. The number of H-pyrrole nitrogens is 1. The van der Waals surface area contributed by atoms with Gasteiger partial charge >= 0.3 is 7.12 Å². The van der Waals surface area contributed by atoms with Gasteiger partial charge in [-0.05, 0) is 41.2 Å². The van der Waals surface area contributed by atoms with Crippen molar-refractivity contribution in [2.75, 3.05) is 6.54 Å². The zero-order valence-corrected chi connectivity index (χ0v) is 13.1. The number of benzene rings is 2. The number of rotatable bonds is 4. The SMILES string of the molecule is O=C(NCCc1c[nH]c2ccccc12)c1ccc2c(c1)B(O)OC2. The van der Waals surface area contributed by atoms with Gasteiger partial charge in [0.2, 0.25) is 0 Å². The Bertz CT molecular complexity index is 906. The van der Waals surface area contributed by atoms with Gasteiger partial charge in [0.05, 0.1) is 6.61 Å². The predicted molar refractivity (Wildman–Crippen MR) is 93.2 cm³/mol. The lowest BCUT2D eigenvalue weighted by Gasteiger charge is -2.07. The number of hydrogen-bond donors (Lipinski definition) is 3. The molecular formula is C18H17BN2O3. The third-order valence-corrected chi connectivity index (χ3v) is 4.43. The number of para-hydroxylation sites is 1. The Kier molecular flexibility index (Phi) is 3.84. The van der Waals surface area contributed by atoms with Gasteiger partial charge in [0.15, 0.2) is 0 Å². The number of hydrogen-bond acceptors (Lipinski definition) is 3. The summed E-state index contributed by atoms with van der Waals surface area (Å²) in [5, 5.41) is 13.8. The molecule has 0 saturated carbocycles. The van der Waals surface area contributed by atoms with Crippen LogP contribution >= 0.6 is 0 Å². The molecule has 24 heavy (non-hydrogen) atoms. The first kappa shape index (κ1) is 15.0. The molecule has 0 aliphatic carbocycles. The molecule has 2 heterocycles. The highest BCUT2D eigenvalue weighted by Gasteiger charge is 2.27. The molecule has 0 bridgehead atoms. The third kappa shape index (κ3) is 2.70. The van der Waals surface area contributed by atoms with Gasteiger partial charge in [-0.1, -0.05) is 24.3 Å². The fourth-order valence-corrected chi connectivity index (χ4v) is 3.11. The second-order valence-corrected chi connectivity index (χ2v) is 5.94. The van der Waals surface area contributed by atoms with Crippen molar-refractivity contribution >= 4 is 29.4 Å². The van der Waals surface area contributed by atoms with E-state index in [0.717, 1.165) is 17.5 Å². The van der Waals surface area contributed by atoms with Crippen LogP contribution in [0.3, 0.4) is 0 Å². The molecule has 0 saturated heterocycles. The standard InChI is InChI=1S/C18H17BN2O3/c22-18(12-5-6-14-11-24-19(23)16(14)9-12)20-8-7-13-10-21-17-4-2-1-3-15(13)17/h1-6,9-10,21,23H,7-8,11H2,(H,20,22). The fraction of sp³-hybridized carbons (Fsp3) is 0.167. The quantitative estimate of drug-likeness (QED) is 0.636. The number of aromatic nitrogens is 1. The Morgan fingerprint density at radius 1 is 1.29 bits per heavy atom. The van der Waals surface area contributed by atoms with Crippen molar-refractivity contribution in [2.45, 2.75) is 13.0 Å². The summed E-state index contributed by atoms with van der Waals surface area (Å²) in [6.07, 6.45) is 2.74. The number of carbonyl (C=O) groups excluding carboxylic acids is 1. The summed E-state index contributed by atoms with van der Waals surface area (Å²) in [4.78, 5) is 15.5. The highest BCUT2D eigenvalue weighted by molar-refractivity contribution is 6.61. The first-order chi connectivity index (χ1) is 11.7. The first-order valence-electron chi connectivity index (χ1n) is 7.98. The maximum absolute atomic E-state index is 12.3. The van der Waals surface area contributed by atoms with Gasteiger partial charge in [0.1, 0.15) is 0 Å². The van der Waals surface area contributed by atoms with E-state index in [1.54, 1.807) is 12.1 Å². The van der Waals surface area contributed by atoms with E-state index >= 15 is 0 Å². The van der Waals surface area contributed by atoms with Crippen LogP contribution in [0.1, 0.15) is 21.5 Å². The van der Waals surface area contributed by atoms with Crippen LogP contribution in [-0.4, -0.2) is 29.6 Å². The Balaban J connectivity index is 1.41. The lowest BCUT2D eigenvalue weighted by molar-refractivity contribution is 0.0954. The summed E-state index contributed by atoms with van der Waals surface area (Å²) in [5.74, 6) is -0.142. The van der Waals surface area contributed by atoms with E-state index in [0.29, 0.717) is 24.2 Å². The van der Waals surface area contributed by atoms with Crippen molar-refractivity contribution in [3.05, 3.63) is 65.4 Å². The molecule has 6 heteroatoms. The van der Waals surface area contributed by atoms with E-state index in [-0.39, 0.29) is 5.91 Å². The van der Waals surface area contributed by atoms with Gasteiger partial charge in [-0.25, -0.2) is 0 Å². The lowest BCUT2D eigenvalue weighted by Crippen LogP contribution is -2.31. The topological polar surface area (TPSA) is 74.4 Å². The van der Waals surface area contributed by atoms with Crippen molar-refractivity contribution < 1.29 is 14.5 Å². The number of amides is 1. The van der Waals surface area contributed by atoms with E-state index in [4.69, 9.17) is 4.65 Å². The Labute approximate surface area is 139 Å². The van der Waals surface area contributed by atoms with Gasteiger partial charge in [-0.15, -0.1) is 0 Å². The number of fused-ring (bicyclic) bond motifs is 2. The summed E-state index contributed by atoms with van der Waals surface area (Å²) in [6.45, 7) is 0.940. The summed E-state index contributed by atoms with van der Waals surface area (Å²) in [5.41, 5.74) is 4.43. The highest BCUT2D eigenvalue weighted by atomic mass is 16.5. The smallest absolute Gasteiger partial charge is 0.423 e. The number of aromatic amines is 1. The van der Waals surface area contributed by atoms with E-state index in [2.05, 4.69) is 16.4 Å². The van der Waals surface area contributed by atoms with Crippen LogP contribution in [-0.2, 0) is 17.7 Å². The molecule has 5 nitrogen and oxygen atoms in total. The van der Waals surface area contributed by atoms with Gasteiger partial charge in [-0.3, -0.25) is 4.79 Å². The normalized spacial score (nSPS) is 13.3. The molecule has 3 N–H and O–H groups in total. The minimum Gasteiger partial charge on any atom is -0.423 e. The molecule has 2 aromatic carbocycles. The van der Waals surface area contributed by atoms with Crippen molar-refractivity contribution in [3.63, 3.8) is 0 Å². The van der Waals surface area contributed by atoms with Crippen LogP contribution in [0.25, 0.3) is 10.9 Å². The second-order valence-electron chi connectivity index (χ2n) is 5.94. The van der Waals surface area contributed by atoms with Crippen molar-refractivity contribution in [3.8, 4) is 0 Å². The zero-order valence-electron chi connectivity index (χ0n) is 13.1. The molecular weight excluding hydrogens is 303 g/mol. The average Bonchev–Trinajstić information content (AvgIpc) is 3.19. The summed E-state index contributed by atoms with van der Waals surface area (Å²) >= 11 is 0. The van der Waals surface area contributed by atoms with Crippen molar-refractivity contribution in [2.24, 2.45) is 0 Å². The molecule has 0 unspecified atom stereocenters. The third-order valence-electron chi connectivity index (χ3n) is 4.43. The molecule has 4 rings (SSSR count). The molecule has 120 valence electrons. The van der Waals surface area contributed by atoms with E-state index < -0.39 is 7.12 Å². The average molecular weight is 320 g/mol. The van der Waals surface area contributed by atoms with Crippen LogP contribution in [0.5, 0.6) is 0 Å². The number of carbonyl (C=O) groups is 1. The molecule has 1 aliphatic rings. The lowest BCUT2D eigenvalue weighted by atomic mass is 9.79. The largest absolute Gasteiger partial charge is 0.491 e. The fourth-order valence-electron chi connectivity index (χ4n) is 3.11. The van der Waals surface area contributed by atoms with Crippen molar-refractivity contribution in [1.29, 1.82) is 0 Å². The minimum atomic E-state index is -0.932. The van der Waals surface area contributed by atoms with Gasteiger partial charge in [0, 0.05) is 29.2 Å². The second kappa shape index (κ2) is 6.15. The molecule has 1 aromatic heterocycles. The Morgan fingerprint density at radius 2 is 2.17 bits per heavy atom. The van der Waals surface area contributed by atoms with Crippen LogP contribution in [0, 0.1) is 0 Å². The van der Waals surface area contributed by atoms with E-state index in [1.165, 1.54) is 10.9 Å². The van der Waals surface area contributed by atoms with E-state index in [1.807, 2.05) is 30.5 Å². The molecule has 0 atom stereocenters. The monoisotopic (exact) mass is 320 g/mol. The minimum absolute atomic E-state index is 0.142. The van der Waals surface area contributed by atoms with Crippen LogP contribution in [0.2, 0.25) is 0 Å². The van der Waals surface area contributed by atoms with Gasteiger partial charge in [0.25, 0.3) is 5.91 Å². The highest BCUT2D eigenvalue weighted by Crippen LogP contribution is 2.17. The van der Waals surface area contributed by atoms with Crippen molar-refractivity contribution in [1.82, 2.24) is 10.3 Å². The zero-order chi connectivity index (χ0) is 16.5. The molecule has 1 aliphatic heterocycles. The summed E-state index contributed by atoms with van der Waals surface area (Å²) in [7, 11) is -0.932. The first-order valence-corrected chi connectivity index (χ1v) is 7.98. The van der Waals surface area contributed by atoms with Gasteiger partial charge in [-0.2, -0.15) is 0 Å². The Morgan fingerprint density at radius 3 is 3.08 bits per heavy atom.